The Balaban J connectivity index is 1.88. The van der Waals surface area contributed by atoms with E-state index >= 15 is 0 Å². The minimum atomic E-state index is -4.64. The maximum Gasteiger partial charge on any atom is 0.417 e. The quantitative estimate of drug-likeness (QED) is 0.717. The highest BCUT2D eigenvalue weighted by Crippen LogP contribution is 2.35. The smallest absolute Gasteiger partial charge is 0.417 e. The molecule has 2 aromatic rings. The summed E-state index contributed by atoms with van der Waals surface area (Å²) in [6.45, 7) is 1.91. The summed E-state index contributed by atoms with van der Waals surface area (Å²) in [5, 5.41) is 1.98. The van der Waals surface area contributed by atoms with Crippen LogP contribution in [-0.4, -0.2) is 23.5 Å². The Hall–Kier alpha value is -2.88. The molecule has 2 heterocycles. The molecule has 0 bridgehead atoms. The molecule has 1 aliphatic rings. The first-order chi connectivity index (χ1) is 13.5. The van der Waals surface area contributed by atoms with Crippen LogP contribution in [0.15, 0.2) is 35.5 Å². The zero-order valence-electron chi connectivity index (χ0n) is 15.0. The molecule has 11 heteroatoms. The maximum atomic E-state index is 14.4. The monoisotopic (exact) mass is 430 g/mol. The first-order valence-corrected chi connectivity index (χ1v) is 8.70. The molecule has 0 radical (unpaired) electrons. The van der Waals surface area contributed by atoms with Crippen LogP contribution in [0.4, 0.5) is 23.2 Å². The number of hydrogen-bond donors (Lipinski definition) is 2. The van der Waals surface area contributed by atoms with E-state index in [-0.39, 0.29) is 23.9 Å². The molecule has 0 fully saturated rings. The van der Waals surface area contributed by atoms with Crippen molar-refractivity contribution in [1.29, 1.82) is 0 Å². The van der Waals surface area contributed by atoms with E-state index < -0.39 is 39.7 Å². The number of benzene rings is 1. The molecule has 0 aliphatic carbocycles. The summed E-state index contributed by atoms with van der Waals surface area (Å²) in [4.78, 5) is 20.1. The predicted octanol–water partition coefficient (Wildman–Crippen LogP) is 4.10. The summed E-state index contributed by atoms with van der Waals surface area (Å²) in [6.07, 6.45) is -3.77. The van der Waals surface area contributed by atoms with Crippen LogP contribution in [0.1, 0.15) is 35.0 Å². The summed E-state index contributed by atoms with van der Waals surface area (Å²) < 4.78 is 57.6. The van der Waals surface area contributed by atoms with Crippen molar-refractivity contribution < 1.29 is 27.1 Å². The molecular weight excluding hydrogens is 416 g/mol. The van der Waals surface area contributed by atoms with Crippen LogP contribution >= 0.6 is 11.6 Å². The number of amidine groups is 1. The molecule has 0 unspecified atom stereocenters. The molecule has 29 heavy (non-hydrogen) atoms. The predicted molar refractivity (Wildman–Crippen MR) is 98.1 cm³/mol. The Bertz CT molecular complexity index is 996. The van der Waals surface area contributed by atoms with Crippen LogP contribution in [-0.2, 0) is 16.5 Å². The lowest BCUT2D eigenvalue weighted by atomic mass is 9.88. The summed E-state index contributed by atoms with van der Waals surface area (Å²) in [7, 11) is 0. The average Bonchev–Trinajstić information content (AvgIpc) is 2.62. The van der Waals surface area contributed by atoms with Gasteiger partial charge < -0.3 is 15.8 Å². The van der Waals surface area contributed by atoms with Crippen molar-refractivity contribution in [3.8, 4) is 0 Å². The molecule has 3 rings (SSSR count). The zero-order chi connectivity index (χ0) is 21.4. The van der Waals surface area contributed by atoms with Crippen molar-refractivity contribution in [3.63, 3.8) is 0 Å². The number of pyridine rings is 1. The van der Waals surface area contributed by atoms with Gasteiger partial charge in [-0.15, -0.1) is 0 Å². The van der Waals surface area contributed by atoms with Crippen LogP contribution < -0.4 is 11.1 Å². The average molecular weight is 431 g/mol. The number of carbonyl (C=O) groups is 1. The molecule has 1 aromatic carbocycles. The van der Waals surface area contributed by atoms with Crippen molar-refractivity contribution in [3.05, 3.63) is 58.1 Å². The van der Waals surface area contributed by atoms with Gasteiger partial charge in [0.15, 0.2) is 0 Å². The standard InChI is InChI=1S/C18H15ClF4N4O2/c1-17(4-5-29-16(24)27-17)11-7-10(2-3-13(11)20)26-15(28)14-12(19)6-9(8-25-14)18(21,22)23/h2-3,6-8H,4-5H2,1H3,(H2,24,27)(H,26,28)/t17-/m0/s1. The van der Waals surface area contributed by atoms with Crippen LogP contribution in [0, 0.1) is 5.82 Å². The number of nitrogens with one attached hydrogen (secondary N) is 1. The number of hydrogen-bond acceptors (Lipinski definition) is 5. The number of carbonyl (C=O) groups excluding carboxylic acids is 1. The van der Waals surface area contributed by atoms with E-state index in [9.17, 15) is 22.4 Å². The number of nitrogens with two attached hydrogens (primary N) is 1. The number of anilines is 1. The molecule has 0 saturated heterocycles. The van der Waals surface area contributed by atoms with Crippen LogP contribution in [0.3, 0.4) is 0 Å². The van der Waals surface area contributed by atoms with Crippen LogP contribution in [0.5, 0.6) is 0 Å². The van der Waals surface area contributed by atoms with E-state index in [0.29, 0.717) is 18.7 Å². The van der Waals surface area contributed by atoms with E-state index in [0.717, 1.165) is 6.07 Å². The molecule has 0 spiro atoms. The van der Waals surface area contributed by atoms with E-state index in [1.54, 1.807) is 6.92 Å². The van der Waals surface area contributed by atoms with Crippen molar-refractivity contribution in [2.75, 3.05) is 11.9 Å². The van der Waals surface area contributed by atoms with Crippen molar-refractivity contribution in [1.82, 2.24) is 4.98 Å². The van der Waals surface area contributed by atoms with Gasteiger partial charge in [-0.05, 0) is 31.2 Å². The van der Waals surface area contributed by atoms with E-state index in [1.165, 1.54) is 12.1 Å². The topological polar surface area (TPSA) is 89.6 Å². The first-order valence-electron chi connectivity index (χ1n) is 8.32. The lowest BCUT2D eigenvalue weighted by Gasteiger charge is -2.30. The van der Waals surface area contributed by atoms with Crippen molar-refractivity contribution in [2.45, 2.75) is 25.1 Å². The Morgan fingerprint density at radius 3 is 2.69 bits per heavy atom. The Kier molecular flexibility index (Phi) is 5.40. The fourth-order valence-electron chi connectivity index (χ4n) is 2.85. The SMILES string of the molecule is C[C@@]1(c2cc(NC(=O)c3ncc(C(F)(F)F)cc3Cl)ccc2F)CCOC(N)=N1. The van der Waals surface area contributed by atoms with Gasteiger partial charge in [0.2, 0.25) is 0 Å². The van der Waals surface area contributed by atoms with E-state index in [1.807, 2.05) is 0 Å². The van der Waals surface area contributed by atoms with Gasteiger partial charge in [-0.1, -0.05) is 11.6 Å². The van der Waals surface area contributed by atoms with Gasteiger partial charge >= 0.3 is 6.18 Å². The molecule has 1 amide bonds. The fraction of sp³-hybridized carbons (Fsp3) is 0.278. The molecule has 3 N–H and O–H groups in total. The molecule has 6 nitrogen and oxygen atoms in total. The minimum Gasteiger partial charge on any atom is -0.465 e. The number of aliphatic imine (C=N–C) groups is 1. The number of aromatic nitrogens is 1. The molecule has 0 saturated carbocycles. The van der Waals surface area contributed by atoms with E-state index in [2.05, 4.69) is 15.3 Å². The van der Waals surface area contributed by atoms with Gasteiger partial charge in [0.1, 0.15) is 11.5 Å². The van der Waals surface area contributed by atoms with Crippen molar-refractivity contribution >= 4 is 29.2 Å². The second-order valence-electron chi connectivity index (χ2n) is 6.52. The Morgan fingerprint density at radius 1 is 1.34 bits per heavy atom. The number of alkyl halides is 3. The van der Waals surface area contributed by atoms with Gasteiger partial charge in [0, 0.05) is 23.9 Å². The summed E-state index contributed by atoms with van der Waals surface area (Å²) in [5.74, 6) is -1.41. The Labute approximate surface area is 167 Å². The number of ether oxygens (including phenoxy) is 1. The van der Waals surface area contributed by atoms with Gasteiger partial charge in [-0.2, -0.15) is 13.2 Å². The Morgan fingerprint density at radius 2 is 2.07 bits per heavy atom. The maximum absolute atomic E-state index is 14.4. The zero-order valence-corrected chi connectivity index (χ0v) is 15.7. The van der Waals surface area contributed by atoms with Crippen molar-refractivity contribution in [2.24, 2.45) is 10.7 Å². The molecule has 1 aliphatic heterocycles. The highest BCUT2D eigenvalue weighted by Gasteiger charge is 2.34. The van der Waals surface area contributed by atoms with Gasteiger partial charge in [0.25, 0.3) is 11.9 Å². The minimum absolute atomic E-state index is 0.0756. The van der Waals surface area contributed by atoms with Gasteiger partial charge in [-0.3, -0.25) is 4.79 Å². The molecule has 1 aromatic heterocycles. The highest BCUT2D eigenvalue weighted by molar-refractivity contribution is 6.34. The molecular formula is C18H15ClF4N4O2. The van der Waals surface area contributed by atoms with Crippen LogP contribution in [0.2, 0.25) is 5.02 Å². The van der Waals surface area contributed by atoms with Gasteiger partial charge in [-0.25, -0.2) is 14.4 Å². The third kappa shape index (κ3) is 4.42. The lowest BCUT2D eigenvalue weighted by molar-refractivity contribution is -0.137. The second-order valence-corrected chi connectivity index (χ2v) is 6.93. The first kappa shape index (κ1) is 20.8. The largest absolute Gasteiger partial charge is 0.465 e. The number of amides is 1. The summed E-state index contributed by atoms with van der Waals surface area (Å²) in [5.41, 5.74) is 3.47. The second kappa shape index (κ2) is 7.51. The third-order valence-electron chi connectivity index (χ3n) is 4.38. The fourth-order valence-corrected chi connectivity index (χ4v) is 3.10. The van der Waals surface area contributed by atoms with Crippen LogP contribution in [0.25, 0.3) is 0 Å². The molecule has 1 atom stereocenters. The number of rotatable bonds is 3. The normalized spacial score (nSPS) is 19.3. The molecule has 154 valence electrons. The third-order valence-corrected chi connectivity index (χ3v) is 4.67. The summed E-state index contributed by atoms with van der Waals surface area (Å²) >= 11 is 5.78. The number of nitrogens with zero attached hydrogens (tertiary/aromatic N) is 2. The summed E-state index contributed by atoms with van der Waals surface area (Å²) in [6, 6.07) is 4.34. The van der Waals surface area contributed by atoms with Gasteiger partial charge in [0.05, 0.1) is 22.7 Å². The number of halogens is 5. The lowest BCUT2D eigenvalue weighted by Crippen LogP contribution is -2.34. The van der Waals surface area contributed by atoms with E-state index in [4.69, 9.17) is 22.1 Å². The highest BCUT2D eigenvalue weighted by atomic mass is 35.5.